The zero-order chi connectivity index (χ0) is 26.6. The molecule has 0 radical (unpaired) electrons. The summed E-state index contributed by atoms with van der Waals surface area (Å²) in [7, 11) is 0. The molecule has 0 saturated carbocycles. The molecule has 0 bridgehead atoms. The van der Waals surface area contributed by atoms with E-state index in [0.29, 0.717) is 46.7 Å². The second-order valence-electron chi connectivity index (χ2n) is 9.43. The van der Waals surface area contributed by atoms with E-state index in [1.807, 2.05) is 17.5 Å². The maximum Gasteiger partial charge on any atom is 0.337 e. The number of nitro groups is 1. The molecule has 3 heterocycles. The molecule has 0 fully saturated rings. The number of carbonyl (C=O) groups is 2. The third-order valence-electron chi connectivity index (χ3n) is 7.18. The first-order chi connectivity index (χ1) is 18.3. The van der Waals surface area contributed by atoms with Crippen molar-refractivity contribution >= 4 is 34.6 Å². The molecule has 1 aliphatic carbocycles. The number of hydrogen-bond donors (Lipinski definition) is 2. The predicted molar refractivity (Wildman–Crippen MR) is 142 cm³/mol. The van der Waals surface area contributed by atoms with Crippen LogP contribution in [0.25, 0.3) is 5.69 Å². The van der Waals surface area contributed by atoms with E-state index in [-0.39, 0.29) is 23.0 Å². The fourth-order valence-corrected chi connectivity index (χ4v) is 6.40. The van der Waals surface area contributed by atoms with Crippen LogP contribution in [0, 0.1) is 17.0 Å². The lowest BCUT2D eigenvalue weighted by molar-refractivity contribution is -0.384. The Bertz CT molecular complexity index is 1650. The Morgan fingerprint density at radius 2 is 1.97 bits per heavy atom. The third kappa shape index (κ3) is 3.81. The number of anilines is 1. The van der Waals surface area contributed by atoms with Crippen LogP contribution in [0.15, 0.2) is 77.3 Å². The molecule has 0 amide bonds. The monoisotopic (exact) mass is 526 g/mol. The van der Waals surface area contributed by atoms with Crippen molar-refractivity contribution in [1.29, 1.82) is 0 Å². The fraction of sp³-hybridized carbons (Fsp3) is 0.179. The quantitative estimate of drug-likeness (QED) is 0.248. The van der Waals surface area contributed by atoms with E-state index >= 15 is 0 Å². The molecular formula is C28H22N4O5S. The molecule has 38 heavy (non-hydrogen) atoms. The van der Waals surface area contributed by atoms with Crippen LogP contribution in [0.4, 0.5) is 11.5 Å². The maximum atomic E-state index is 13.7. The number of allylic oxidation sites excluding steroid dienone is 2. The summed E-state index contributed by atoms with van der Waals surface area (Å²) in [5.41, 5.74) is 3.64. The lowest BCUT2D eigenvalue weighted by atomic mass is 9.73. The van der Waals surface area contributed by atoms with Gasteiger partial charge in [0.1, 0.15) is 5.82 Å². The molecule has 9 nitrogen and oxygen atoms in total. The first-order valence-electron chi connectivity index (χ1n) is 12.1. The SMILES string of the molecule is Cc1nn(-c2ccccc2C(=O)O)c2c1C(c1cccc([N+](=O)[O-])c1)C1=C(CC(c3cccs3)CC1=O)N2. The van der Waals surface area contributed by atoms with Gasteiger partial charge in [-0.25, -0.2) is 9.48 Å². The van der Waals surface area contributed by atoms with Crippen molar-refractivity contribution in [1.82, 2.24) is 9.78 Å². The molecule has 10 heteroatoms. The third-order valence-corrected chi connectivity index (χ3v) is 8.22. The minimum atomic E-state index is -1.08. The summed E-state index contributed by atoms with van der Waals surface area (Å²) in [5, 5.41) is 31.6. The van der Waals surface area contributed by atoms with Crippen molar-refractivity contribution in [2.24, 2.45) is 0 Å². The Labute approximate surface area is 221 Å². The van der Waals surface area contributed by atoms with Crippen LogP contribution in [-0.4, -0.2) is 31.6 Å². The number of ketones is 1. The summed E-state index contributed by atoms with van der Waals surface area (Å²) in [6.45, 7) is 1.80. The van der Waals surface area contributed by atoms with Crippen molar-refractivity contribution in [2.75, 3.05) is 5.32 Å². The van der Waals surface area contributed by atoms with Gasteiger partial charge in [0.15, 0.2) is 5.78 Å². The summed E-state index contributed by atoms with van der Waals surface area (Å²) < 4.78 is 1.57. The molecular weight excluding hydrogens is 504 g/mol. The molecule has 2 unspecified atom stereocenters. The number of nitro benzene ring substituents is 1. The van der Waals surface area contributed by atoms with Crippen LogP contribution in [0.3, 0.4) is 0 Å². The van der Waals surface area contributed by atoms with Crippen LogP contribution in [0.1, 0.15) is 56.7 Å². The Morgan fingerprint density at radius 3 is 2.71 bits per heavy atom. The van der Waals surface area contributed by atoms with Gasteiger partial charge in [-0.2, -0.15) is 5.10 Å². The number of benzene rings is 2. The number of carboxylic acid groups (broad SMARTS) is 1. The summed E-state index contributed by atoms with van der Waals surface area (Å²) in [6.07, 6.45) is 0.925. The second kappa shape index (κ2) is 9.07. The van der Waals surface area contributed by atoms with Crippen molar-refractivity contribution in [3.63, 3.8) is 0 Å². The predicted octanol–water partition coefficient (Wildman–Crippen LogP) is 5.81. The average molecular weight is 527 g/mol. The minimum absolute atomic E-state index is 0.00448. The molecule has 2 N–H and O–H groups in total. The van der Waals surface area contributed by atoms with Gasteiger partial charge in [-0.1, -0.05) is 30.3 Å². The topological polar surface area (TPSA) is 127 Å². The van der Waals surface area contributed by atoms with Crippen molar-refractivity contribution in [2.45, 2.75) is 31.6 Å². The van der Waals surface area contributed by atoms with E-state index < -0.39 is 16.8 Å². The molecule has 0 spiro atoms. The number of hydrogen-bond acceptors (Lipinski definition) is 7. The summed E-state index contributed by atoms with van der Waals surface area (Å²) >= 11 is 1.61. The maximum absolute atomic E-state index is 13.7. The van der Waals surface area contributed by atoms with Crippen LogP contribution < -0.4 is 5.32 Å². The molecule has 2 atom stereocenters. The first-order valence-corrected chi connectivity index (χ1v) is 12.9. The number of aryl methyl sites for hydroxylation is 1. The van der Waals surface area contributed by atoms with E-state index in [4.69, 9.17) is 5.10 Å². The number of rotatable bonds is 5. The van der Waals surface area contributed by atoms with Crippen LogP contribution >= 0.6 is 11.3 Å². The number of para-hydroxylation sites is 1. The van der Waals surface area contributed by atoms with E-state index in [2.05, 4.69) is 5.32 Å². The van der Waals surface area contributed by atoms with Gasteiger partial charge in [0.05, 0.1) is 21.9 Å². The normalized spacial score (nSPS) is 18.5. The number of carboxylic acids is 1. The fourth-order valence-electron chi connectivity index (χ4n) is 5.57. The average Bonchev–Trinajstić information content (AvgIpc) is 3.56. The number of nitrogens with zero attached hydrogens (tertiary/aromatic N) is 3. The molecule has 0 saturated heterocycles. The van der Waals surface area contributed by atoms with Gasteiger partial charge in [-0.15, -0.1) is 11.3 Å². The standard InChI is InChI=1S/C28H22N4O5S/c1-15-24-25(16-6-4-7-18(12-16)32(36)37)26-20(13-17(14-22(26)33)23-10-5-11-38-23)29-27(24)31(30-15)21-9-3-2-8-19(21)28(34)35/h2-12,17,25,29H,13-14H2,1H3,(H,34,35). The zero-order valence-corrected chi connectivity index (χ0v) is 21.1. The van der Waals surface area contributed by atoms with Crippen molar-refractivity contribution < 1.29 is 19.6 Å². The van der Waals surface area contributed by atoms with E-state index in [0.717, 1.165) is 10.6 Å². The van der Waals surface area contributed by atoms with E-state index in [9.17, 15) is 24.8 Å². The smallest absolute Gasteiger partial charge is 0.337 e. The highest BCUT2D eigenvalue weighted by molar-refractivity contribution is 7.10. The molecule has 2 aliphatic rings. The van der Waals surface area contributed by atoms with Crippen molar-refractivity contribution in [3.05, 3.63) is 115 Å². The number of carbonyl (C=O) groups excluding carboxylic acids is 1. The lowest BCUT2D eigenvalue weighted by Crippen LogP contribution is -2.30. The molecule has 2 aromatic carbocycles. The Balaban J connectivity index is 1.58. The number of aromatic nitrogens is 2. The first kappa shape index (κ1) is 23.8. The highest BCUT2D eigenvalue weighted by Crippen LogP contribution is 2.50. The summed E-state index contributed by atoms with van der Waals surface area (Å²) in [5.74, 6) is -1.11. The van der Waals surface area contributed by atoms with Gasteiger partial charge in [-0.05, 0) is 42.5 Å². The zero-order valence-electron chi connectivity index (χ0n) is 20.2. The molecule has 6 rings (SSSR count). The van der Waals surface area contributed by atoms with Gasteiger partial charge in [0, 0.05) is 52.1 Å². The lowest BCUT2D eigenvalue weighted by Gasteiger charge is -2.35. The van der Waals surface area contributed by atoms with Crippen LogP contribution in [-0.2, 0) is 4.79 Å². The highest BCUT2D eigenvalue weighted by atomic mass is 32.1. The number of non-ortho nitro benzene ring substituents is 1. The summed E-state index contributed by atoms with van der Waals surface area (Å²) in [6, 6.07) is 16.9. The number of fused-ring (bicyclic) bond motifs is 1. The van der Waals surface area contributed by atoms with Crippen LogP contribution in [0.5, 0.6) is 0 Å². The molecule has 4 aromatic rings. The van der Waals surface area contributed by atoms with E-state index in [1.165, 1.54) is 18.2 Å². The largest absolute Gasteiger partial charge is 0.478 e. The molecule has 190 valence electrons. The molecule has 2 aromatic heterocycles. The highest BCUT2D eigenvalue weighted by Gasteiger charge is 2.42. The number of Topliss-reactive ketones (excluding diaryl/α,β-unsaturated/α-hetero) is 1. The Kier molecular flexibility index (Phi) is 5.68. The number of aromatic carboxylic acids is 1. The van der Waals surface area contributed by atoms with Crippen LogP contribution in [0.2, 0.25) is 0 Å². The van der Waals surface area contributed by atoms with Gasteiger partial charge < -0.3 is 10.4 Å². The second-order valence-corrected chi connectivity index (χ2v) is 10.4. The van der Waals surface area contributed by atoms with Gasteiger partial charge >= 0.3 is 5.97 Å². The number of nitrogens with one attached hydrogen (secondary N) is 1. The van der Waals surface area contributed by atoms with Gasteiger partial charge in [0.2, 0.25) is 0 Å². The van der Waals surface area contributed by atoms with E-state index in [1.54, 1.807) is 53.3 Å². The van der Waals surface area contributed by atoms with Gasteiger partial charge in [-0.3, -0.25) is 14.9 Å². The van der Waals surface area contributed by atoms with Gasteiger partial charge in [0.25, 0.3) is 5.69 Å². The Morgan fingerprint density at radius 1 is 1.16 bits per heavy atom. The summed E-state index contributed by atoms with van der Waals surface area (Å²) in [4.78, 5) is 38.0. The number of thiophene rings is 1. The molecule has 1 aliphatic heterocycles. The Hall–Kier alpha value is -4.57. The minimum Gasteiger partial charge on any atom is -0.478 e. The van der Waals surface area contributed by atoms with Crippen molar-refractivity contribution in [3.8, 4) is 5.69 Å².